The van der Waals surface area contributed by atoms with Crippen molar-refractivity contribution in [1.29, 1.82) is 0 Å². The van der Waals surface area contributed by atoms with E-state index in [0.717, 1.165) is 66.2 Å². The molecule has 6 nitrogen and oxygen atoms in total. The standard InChI is InChI=1S/C24H26N2O4/c1-15-9-16(2)24-19(10-15)20(12-23(27)30-24)25-18-5-7-26(8-6-18)13-17-3-4-21-22(11-17)29-14-28-21/h3-4,9-12,18,25H,5-8,13-14H2,1-2H3. The highest BCUT2D eigenvalue weighted by molar-refractivity contribution is 5.92. The van der Waals surface area contributed by atoms with Gasteiger partial charge in [0.25, 0.3) is 0 Å². The minimum Gasteiger partial charge on any atom is -0.454 e. The van der Waals surface area contributed by atoms with E-state index in [2.05, 4.69) is 35.3 Å². The fourth-order valence-electron chi connectivity index (χ4n) is 4.49. The van der Waals surface area contributed by atoms with Crippen LogP contribution in [0.4, 0.5) is 5.69 Å². The van der Waals surface area contributed by atoms with Crippen LogP contribution in [0.1, 0.15) is 29.5 Å². The Kier molecular flexibility index (Phi) is 4.87. The molecule has 0 bridgehead atoms. The van der Waals surface area contributed by atoms with Gasteiger partial charge < -0.3 is 19.2 Å². The van der Waals surface area contributed by atoms with Gasteiger partial charge in [-0.15, -0.1) is 0 Å². The van der Waals surface area contributed by atoms with E-state index >= 15 is 0 Å². The van der Waals surface area contributed by atoms with Gasteiger partial charge in [0.1, 0.15) is 5.58 Å². The molecule has 2 aliphatic rings. The number of hydrogen-bond donors (Lipinski definition) is 1. The van der Waals surface area contributed by atoms with Crippen molar-refractivity contribution in [2.24, 2.45) is 0 Å². The zero-order valence-electron chi connectivity index (χ0n) is 17.4. The quantitative estimate of drug-likeness (QED) is 0.655. The van der Waals surface area contributed by atoms with Crippen LogP contribution in [0, 0.1) is 13.8 Å². The van der Waals surface area contributed by atoms with Gasteiger partial charge in [0.05, 0.1) is 5.69 Å². The zero-order valence-corrected chi connectivity index (χ0v) is 17.4. The summed E-state index contributed by atoms with van der Waals surface area (Å²) in [5.74, 6) is 1.66. The van der Waals surface area contributed by atoms with Crippen molar-refractivity contribution in [2.75, 3.05) is 25.2 Å². The molecule has 0 saturated carbocycles. The Bertz CT molecular complexity index is 1150. The van der Waals surface area contributed by atoms with Crippen molar-refractivity contribution in [2.45, 2.75) is 39.3 Å². The molecule has 0 spiro atoms. The van der Waals surface area contributed by atoms with Crippen LogP contribution in [-0.2, 0) is 6.54 Å². The molecular formula is C24H26N2O4. The Balaban J connectivity index is 1.26. The lowest BCUT2D eigenvalue weighted by Gasteiger charge is -2.33. The third kappa shape index (κ3) is 3.75. The molecule has 2 aliphatic heterocycles. The molecule has 1 fully saturated rings. The normalized spacial score (nSPS) is 16.9. The van der Waals surface area contributed by atoms with Crippen molar-refractivity contribution < 1.29 is 13.9 Å². The summed E-state index contributed by atoms with van der Waals surface area (Å²) < 4.78 is 16.4. The van der Waals surface area contributed by atoms with E-state index in [9.17, 15) is 4.79 Å². The van der Waals surface area contributed by atoms with Crippen molar-refractivity contribution >= 4 is 16.7 Å². The smallest absolute Gasteiger partial charge is 0.338 e. The molecule has 30 heavy (non-hydrogen) atoms. The van der Waals surface area contributed by atoms with Crippen LogP contribution in [0.5, 0.6) is 11.5 Å². The van der Waals surface area contributed by atoms with Gasteiger partial charge >= 0.3 is 5.63 Å². The van der Waals surface area contributed by atoms with E-state index < -0.39 is 0 Å². The third-order valence-corrected chi connectivity index (χ3v) is 5.96. The van der Waals surface area contributed by atoms with E-state index in [1.165, 1.54) is 5.56 Å². The van der Waals surface area contributed by atoms with E-state index in [1.54, 1.807) is 6.07 Å². The lowest BCUT2D eigenvalue weighted by molar-refractivity contribution is 0.173. The number of nitrogens with zero attached hydrogens (tertiary/aromatic N) is 1. The Morgan fingerprint density at radius 2 is 1.83 bits per heavy atom. The van der Waals surface area contributed by atoms with Gasteiger partial charge in [0.2, 0.25) is 6.79 Å². The minimum atomic E-state index is -0.308. The molecule has 6 heteroatoms. The lowest BCUT2D eigenvalue weighted by atomic mass is 10.0. The molecule has 3 aromatic rings. The first-order valence-corrected chi connectivity index (χ1v) is 10.5. The van der Waals surface area contributed by atoms with Crippen molar-refractivity contribution in [3.05, 3.63) is 63.5 Å². The number of anilines is 1. The van der Waals surface area contributed by atoms with E-state index in [0.29, 0.717) is 18.4 Å². The Morgan fingerprint density at radius 3 is 2.67 bits per heavy atom. The van der Waals surface area contributed by atoms with Gasteiger partial charge in [0, 0.05) is 37.1 Å². The summed E-state index contributed by atoms with van der Waals surface area (Å²) in [6.07, 6.45) is 2.05. The molecule has 1 aromatic heterocycles. The topological polar surface area (TPSA) is 63.9 Å². The number of nitrogens with one attached hydrogen (secondary N) is 1. The number of ether oxygens (including phenoxy) is 2. The zero-order chi connectivity index (χ0) is 20.7. The van der Waals surface area contributed by atoms with Crippen molar-refractivity contribution in [3.8, 4) is 11.5 Å². The molecule has 0 aliphatic carbocycles. The van der Waals surface area contributed by atoms with Gasteiger partial charge in [-0.25, -0.2) is 4.79 Å². The van der Waals surface area contributed by atoms with E-state index in [1.807, 2.05) is 19.1 Å². The molecule has 156 valence electrons. The Hall–Kier alpha value is -2.99. The minimum absolute atomic E-state index is 0.307. The predicted molar refractivity (Wildman–Crippen MR) is 116 cm³/mol. The molecule has 0 amide bonds. The average molecular weight is 406 g/mol. The van der Waals surface area contributed by atoms with Crippen LogP contribution < -0.4 is 20.4 Å². The second kappa shape index (κ2) is 7.69. The highest BCUT2D eigenvalue weighted by Crippen LogP contribution is 2.33. The number of rotatable bonds is 4. The maximum Gasteiger partial charge on any atom is 0.338 e. The van der Waals surface area contributed by atoms with Crippen LogP contribution in [0.15, 0.2) is 45.6 Å². The summed E-state index contributed by atoms with van der Waals surface area (Å²) in [6.45, 7) is 7.26. The number of likely N-dealkylation sites (tertiary alicyclic amines) is 1. The molecule has 0 atom stereocenters. The SMILES string of the molecule is Cc1cc(C)c2oc(=O)cc(NC3CCN(Cc4ccc5c(c4)OCO5)CC3)c2c1. The van der Waals surface area contributed by atoms with Gasteiger partial charge in [0.15, 0.2) is 11.5 Å². The predicted octanol–water partition coefficient (Wildman–Crippen LogP) is 4.22. The second-order valence-electron chi connectivity index (χ2n) is 8.32. The molecule has 0 radical (unpaired) electrons. The number of aryl methyl sites for hydroxylation is 2. The number of hydrogen-bond acceptors (Lipinski definition) is 6. The lowest BCUT2D eigenvalue weighted by Crippen LogP contribution is -2.38. The largest absolute Gasteiger partial charge is 0.454 e. The van der Waals surface area contributed by atoms with E-state index in [-0.39, 0.29) is 5.63 Å². The summed E-state index contributed by atoms with van der Waals surface area (Å²) in [5.41, 5.74) is 4.64. The molecule has 1 N–H and O–H groups in total. The maximum absolute atomic E-state index is 12.1. The Labute approximate surface area is 175 Å². The molecular weight excluding hydrogens is 380 g/mol. The first kappa shape index (κ1) is 19.0. The number of benzene rings is 2. The van der Waals surface area contributed by atoms with Gasteiger partial charge in [-0.1, -0.05) is 12.1 Å². The van der Waals surface area contributed by atoms with Gasteiger partial charge in [-0.2, -0.15) is 0 Å². The van der Waals surface area contributed by atoms with Crippen LogP contribution in [0.3, 0.4) is 0 Å². The first-order valence-electron chi connectivity index (χ1n) is 10.5. The first-order chi connectivity index (χ1) is 14.5. The highest BCUT2D eigenvalue weighted by Gasteiger charge is 2.21. The summed E-state index contributed by atoms with van der Waals surface area (Å²) in [4.78, 5) is 14.5. The molecule has 3 heterocycles. The van der Waals surface area contributed by atoms with Crippen molar-refractivity contribution in [3.63, 3.8) is 0 Å². The summed E-state index contributed by atoms with van der Waals surface area (Å²) in [7, 11) is 0. The maximum atomic E-state index is 12.1. The summed E-state index contributed by atoms with van der Waals surface area (Å²) >= 11 is 0. The summed E-state index contributed by atoms with van der Waals surface area (Å²) in [5, 5.41) is 4.60. The third-order valence-electron chi connectivity index (χ3n) is 5.96. The fourth-order valence-corrected chi connectivity index (χ4v) is 4.49. The molecule has 2 aromatic carbocycles. The van der Waals surface area contributed by atoms with Crippen LogP contribution in [0.2, 0.25) is 0 Å². The van der Waals surface area contributed by atoms with Gasteiger partial charge in [-0.3, -0.25) is 4.90 Å². The number of piperidine rings is 1. The highest BCUT2D eigenvalue weighted by atomic mass is 16.7. The van der Waals surface area contributed by atoms with Crippen molar-refractivity contribution in [1.82, 2.24) is 4.90 Å². The van der Waals surface area contributed by atoms with Crippen LogP contribution in [0.25, 0.3) is 11.0 Å². The van der Waals surface area contributed by atoms with Crippen LogP contribution in [-0.4, -0.2) is 30.8 Å². The number of fused-ring (bicyclic) bond motifs is 2. The van der Waals surface area contributed by atoms with Gasteiger partial charge in [-0.05, 0) is 61.6 Å². The van der Waals surface area contributed by atoms with E-state index in [4.69, 9.17) is 13.9 Å². The fraction of sp³-hybridized carbons (Fsp3) is 0.375. The molecule has 5 rings (SSSR count). The average Bonchev–Trinajstić information content (AvgIpc) is 3.18. The summed E-state index contributed by atoms with van der Waals surface area (Å²) in [6, 6.07) is 12.2. The monoisotopic (exact) mass is 406 g/mol. The van der Waals surface area contributed by atoms with Crippen LogP contribution >= 0.6 is 0 Å². The molecule has 1 saturated heterocycles. The second-order valence-corrected chi connectivity index (χ2v) is 8.32. The molecule has 0 unspecified atom stereocenters. The Morgan fingerprint density at radius 1 is 1.03 bits per heavy atom.